The van der Waals surface area contributed by atoms with Crippen molar-refractivity contribution in [2.45, 2.75) is 19.4 Å². The Hall–Kier alpha value is -1.56. The van der Waals surface area contributed by atoms with Gasteiger partial charge in [-0.25, -0.2) is 0 Å². The minimum Gasteiger partial charge on any atom is -0.493 e. The van der Waals surface area contributed by atoms with Gasteiger partial charge in [0.05, 0.1) is 26.4 Å². The molecule has 0 spiro atoms. The van der Waals surface area contributed by atoms with E-state index in [0.717, 1.165) is 68.3 Å². The van der Waals surface area contributed by atoms with E-state index in [1.165, 1.54) is 0 Å². The highest BCUT2D eigenvalue weighted by molar-refractivity contribution is 5.83. The maximum Gasteiger partial charge on any atom is 0.176 e. The number of morpholine rings is 1. The second-order valence-corrected chi connectivity index (χ2v) is 6.01. The zero-order valence-electron chi connectivity index (χ0n) is 14.0. The Morgan fingerprint density at radius 2 is 2.13 bits per heavy atom. The average molecular weight is 318 g/mol. The molecule has 0 aliphatic carbocycles. The van der Waals surface area contributed by atoms with Crippen LogP contribution >= 0.6 is 0 Å². The zero-order valence-corrected chi connectivity index (χ0v) is 14.0. The number of nitrogens with zero attached hydrogens (tertiary/aromatic N) is 1. The third kappa shape index (κ3) is 4.05. The van der Waals surface area contributed by atoms with E-state index in [4.69, 9.17) is 13.9 Å². The van der Waals surface area contributed by atoms with Crippen LogP contribution in [0.4, 0.5) is 0 Å². The molecule has 3 rings (SSSR count). The van der Waals surface area contributed by atoms with Crippen molar-refractivity contribution in [3.8, 4) is 5.75 Å². The smallest absolute Gasteiger partial charge is 0.176 e. The first-order valence-corrected chi connectivity index (χ1v) is 8.38. The van der Waals surface area contributed by atoms with Gasteiger partial charge in [0.15, 0.2) is 11.3 Å². The lowest BCUT2D eigenvalue weighted by molar-refractivity contribution is 0.0374. The van der Waals surface area contributed by atoms with Gasteiger partial charge >= 0.3 is 0 Å². The first-order chi connectivity index (χ1) is 11.3. The van der Waals surface area contributed by atoms with E-state index in [1.807, 2.05) is 12.1 Å². The highest BCUT2D eigenvalue weighted by Gasteiger charge is 2.14. The fraction of sp³-hybridized carbons (Fsp3) is 0.556. The lowest BCUT2D eigenvalue weighted by Gasteiger charge is -2.26. The number of nitrogens with one attached hydrogen (secondary N) is 1. The van der Waals surface area contributed by atoms with E-state index in [0.29, 0.717) is 0 Å². The fourth-order valence-electron chi connectivity index (χ4n) is 2.98. The van der Waals surface area contributed by atoms with Crippen LogP contribution in [0.15, 0.2) is 28.7 Å². The molecule has 1 saturated heterocycles. The normalized spacial score (nSPS) is 17.5. The summed E-state index contributed by atoms with van der Waals surface area (Å²) in [7, 11) is 1.67. The van der Waals surface area contributed by atoms with Crippen LogP contribution in [0.1, 0.15) is 25.1 Å². The summed E-state index contributed by atoms with van der Waals surface area (Å²) in [5.74, 6) is 1.74. The van der Waals surface area contributed by atoms with Crippen molar-refractivity contribution >= 4 is 11.0 Å². The minimum atomic E-state index is 0.191. The molecular formula is C18H26N2O3. The summed E-state index contributed by atoms with van der Waals surface area (Å²) >= 11 is 0. The molecule has 2 heterocycles. The van der Waals surface area contributed by atoms with E-state index in [9.17, 15) is 0 Å². The molecule has 0 amide bonds. The van der Waals surface area contributed by atoms with E-state index in [2.05, 4.69) is 29.3 Å². The Bertz CT molecular complexity index is 620. The van der Waals surface area contributed by atoms with Crippen LogP contribution in [-0.2, 0) is 4.74 Å². The molecule has 5 heteroatoms. The molecule has 23 heavy (non-hydrogen) atoms. The quantitative estimate of drug-likeness (QED) is 0.796. The second-order valence-electron chi connectivity index (χ2n) is 6.01. The fourth-order valence-corrected chi connectivity index (χ4v) is 2.98. The highest BCUT2D eigenvalue weighted by atomic mass is 16.5. The van der Waals surface area contributed by atoms with Gasteiger partial charge in [-0.2, -0.15) is 0 Å². The number of ether oxygens (including phenoxy) is 2. The number of hydrogen-bond donors (Lipinski definition) is 1. The summed E-state index contributed by atoms with van der Waals surface area (Å²) < 4.78 is 16.7. The lowest BCUT2D eigenvalue weighted by atomic mass is 10.2. The van der Waals surface area contributed by atoms with Crippen molar-refractivity contribution < 1.29 is 13.9 Å². The summed E-state index contributed by atoms with van der Waals surface area (Å²) in [6.07, 6.45) is 1.13. The van der Waals surface area contributed by atoms with Crippen molar-refractivity contribution in [1.29, 1.82) is 0 Å². The number of hydrogen-bond acceptors (Lipinski definition) is 5. The molecule has 1 N–H and O–H groups in total. The summed E-state index contributed by atoms with van der Waals surface area (Å²) in [4.78, 5) is 2.46. The van der Waals surface area contributed by atoms with Crippen LogP contribution in [0.2, 0.25) is 0 Å². The van der Waals surface area contributed by atoms with Gasteiger partial charge in [0.25, 0.3) is 0 Å². The van der Waals surface area contributed by atoms with Crippen molar-refractivity contribution in [3.63, 3.8) is 0 Å². The molecule has 126 valence electrons. The predicted molar refractivity (Wildman–Crippen MR) is 91.1 cm³/mol. The molecular weight excluding hydrogens is 292 g/mol. The standard InChI is InChI=1S/C18H26N2O3/c1-14(19-7-4-8-20-9-11-22-12-10-20)17-13-15-5-3-6-16(21-2)18(15)23-17/h3,5-6,13-14,19H,4,7-12H2,1-2H3/t14-/m1/s1. The summed E-state index contributed by atoms with van der Waals surface area (Å²) in [5.41, 5.74) is 0.826. The SMILES string of the molecule is COc1cccc2cc([C@@H](C)NCCCN3CCOCC3)oc12. The summed E-state index contributed by atoms with van der Waals surface area (Å²) in [5, 5.41) is 4.63. The molecule has 1 aromatic carbocycles. The predicted octanol–water partition coefficient (Wildman–Crippen LogP) is 2.81. The molecule has 0 saturated carbocycles. The van der Waals surface area contributed by atoms with Crippen LogP contribution in [0.25, 0.3) is 11.0 Å². The van der Waals surface area contributed by atoms with Gasteiger partial charge in [-0.05, 0) is 38.6 Å². The van der Waals surface area contributed by atoms with Gasteiger partial charge in [-0.15, -0.1) is 0 Å². The van der Waals surface area contributed by atoms with Gasteiger partial charge in [0, 0.05) is 18.5 Å². The Balaban J connectivity index is 1.50. The van der Waals surface area contributed by atoms with E-state index < -0.39 is 0 Å². The van der Waals surface area contributed by atoms with E-state index >= 15 is 0 Å². The molecule has 1 aliphatic heterocycles. The molecule has 1 aliphatic rings. The summed E-state index contributed by atoms with van der Waals surface area (Å²) in [6.45, 7) is 8.08. The van der Waals surface area contributed by atoms with Crippen LogP contribution < -0.4 is 10.1 Å². The average Bonchev–Trinajstić information content (AvgIpc) is 3.03. The first-order valence-electron chi connectivity index (χ1n) is 8.38. The van der Waals surface area contributed by atoms with Crippen molar-refractivity contribution in [1.82, 2.24) is 10.2 Å². The Morgan fingerprint density at radius 1 is 1.30 bits per heavy atom. The largest absolute Gasteiger partial charge is 0.493 e. The maximum atomic E-state index is 5.98. The Morgan fingerprint density at radius 3 is 2.91 bits per heavy atom. The van der Waals surface area contributed by atoms with E-state index in [1.54, 1.807) is 7.11 Å². The Labute approximate surface area is 137 Å². The molecule has 0 bridgehead atoms. The third-order valence-corrected chi connectivity index (χ3v) is 4.38. The van der Waals surface area contributed by atoms with Crippen LogP contribution in [0.3, 0.4) is 0 Å². The van der Waals surface area contributed by atoms with Crippen molar-refractivity contribution in [2.24, 2.45) is 0 Å². The number of rotatable bonds is 7. The van der Waals surface area contributed by atoms with Crippen LogP contribution in [-0.4, -0.2) is 51.4 Å². The van der Waals surface area contributed by atoms with Crippen molar-refractivity contribution in [3.05, 3.63) is 30.0 Å². The number of furan rings is 1. The third-order valence-electron chi connectivity index (χ3n) is 4.38. The number of para-hydroxylation sites is 1. The molecule has 5 nitrogen and oxygen atoms in total. The second kappa shape index (κ2) is 7.81. The van der Waals surface area contributed by atoms with Crippen molar-refractivity contribution in [2.75, 3.05) is 46.5 Å². The monoisotopic (exact) mass is 318 g/mol. The maximum absolute atomic E-state index is 5.98. The lowest BCUT2D eigenvalue weighted by Crippen LogP contribution is -2.37. The highest BCUT2D eigenvalue weighted by Crippen LogP contribution is 2.30. The zero-order chi connectivity index (χ0) is 16.1. The molecule has 0 unspecified atom stereocenters. The van der Waals surface area contributed by atoms with Crippen LogP contribution in [0, 0.1) is 0 Å². The first kappa shape index (κ1) is 16.3. The molecule has 1 fully saturated rings. The molecule has 1 atom stereocenters. The van der Waals surface area contributed by atoms with Gasteiger partial charge < -0.3 is 19.2 Å². The number of fused-ring (bicyclic) bond motifs is 1. The molecule has 2 aromatic rings. The number of benzene rings is 1. The minimum absolute atomic E-state index is 0.191. The van der Waals surface area contributed by atoms with Crippen LogP contribution in [0.5, 0.6) is 5.75 Å². The van der Waals surface area contributed by atoms with Gasteiger partial charge in [-0.1, -0.05) is 12.1 Å². The molecule has 1 aromatic heterocycles. The van der Waals surface area contributed by atoms with E-state index in [-0.39, 0.29) is 6.04 Å². The van der Waals surface area contributed by atoms with Gasteiger partial charge in [0.2, 0.25) is 0 Å². The Kier molecular flexibility index (Phi) is 5.54. The summed E-state index contributed by atoms with van der Waals surface area (Å²) in [6, 6.07) is 8.25. The number of methoxy groups -OCH3 is 1. The van der Waals surface area contributed by atoms with Gasteiger partial charge in [0.1, 0.15) is 5.76 Å². The van der Waals surface area contributed by atoms with Gasteiger partial charge in [-0.3, -0.25) is 4.90 Å². The molecule has 0 radical (unpaired) electrons. The topological polar surface area (TPSA) is 46.9 Å².